The predicted molar refractivity (Wildman–Crippen MR) is 82.5 cm³/mol. The number of hydrazine groups is 1. The molecule has 2 rings (SSSR count). The molecule has 2 aromatic carbocycles. The molecule has 0 radical (unpaired) electrons. The van der Waals surface area contributed by atoms with Crippen LogP contribution < -0.4 is 16.0 Å². The number of halogens is 1. The molecule has 0 aliphatic rings. The zero-order chi connectivity index (χ0) is 15.2. The number of para-hydroxylation sites is 1. The van der Waals surface area contributed by atoms with Crippen molar-refractivity contribution in [3.05, 3.63) is 65.0 Å². The van der Waals surface area contributed by atoms with E-state index >= 15 is 0 Å². The highest BCUT2D eigenvalue weighted by molar-refractivity contribution is 5.43. The molecule has 3 N–H and O–H groups in total. The SMILES string of the molecule is CCCOc1ccccc1C(NN)c1ccc(F)cc1C. The molecule has 0 bridgehead atoms. The van der Waals surface area contributed by atoms with Crippen LogP contribution in [0.3, 0.4) is 0 Å². The van der Waals surface area contributed by atoms with E-state index in [9.17, 15) is 4.39 Å². The van der Waals surface area contributed by atoms with E-state index in [4.69, 9.17) is 10.6 Å². The summed E-state index contributed by atoms with van der Waals surface area (Å²) in [4.78, 5) is 0. The van der Waals surface area contributed by atoms with Crippen molar-refractivity contribution in [1.29, 1.82) is 0 Å². The van der Waals surface area contributed by atoms with E-state index in [2.05, 4.69) is 12.3 Å². The lowest BCUT2D eigenvalue weighted by atomic mass is 9.95. The van der Waals surface area contributed by atoms with E-state index in [1.165, 1.54) is 12.1 Å². The van der Waals surface area contributed by atoms with Crippen LogP contribution in [-0.4, -0.2) is 6.61 Å². The number of aryl methyl sites for hydroxylation is 1. The molecule has 4 heteroatoms. The number of rotatable bonds is 6. The molecule has 0 fully saturated rings. The van der Waals surface area contributed by atoms with E-state index in [1.807, 2.05) is 31.2 Å². The molecule has 0 saturated heterocycles. The molecule has 1 atom stereocenters. The minimum absolute atomic E-state index is 0.237. The van der Waals surface area contributed by atoms with Gasteiger partial charge in [-0.25, -0.2) is 9.82 Å². The molecule has 3 nitrogen and oxygen atoms in total. The standard InChI is InChI=1S/C17H21FN2O/c1-3-10-21-16-7-5-4-6-15(16)17(20-19)14-9-8-13(18)11-12(14)2/h4-9,11,17,20H,3,10,19H2,1-2H3. The van der Waals surface area contributed by atoms with E-state index < -0.39 is 0 Å². The van der Waals surface area contributed by atoms with Crippen molar-refractivity contribution in [2.45, 2.75) is 26.3 Å². The van der Waals surface area contributed by atoms with Gasteiger partial charge < -0.3 is 4.74 Å². The van der Waals surface area contributed by atoms with Gasteiger partial charge in [0.05, 0.1) is 12.6 Å². The summed E-state index contributed by atoms with van der Waals surface area (Å²) in [7, 11) is 0. The highest BCUT2D eigenvalue weighted by Crippen LogP contribution is 2.31. The average Bonchev–Trinajstić information content (AvgIpc) is 2.49. The zero-order valence-electron chi connectivity index (χ0n) is 12.4. The van der Waals surface area contributed by atoms with E-state index in [-0.39, 0.29) is 11.9 Å². The van der Waals surface area contributed by atoms with Gasteiger partial charge in [-0.3, -0.25) is 5.84 Å². The molecular formula is C17H21FN2O. The van der Waals surface area contributed by atoms with Crippen molar-refractivity contribution in [3.8, 4) is 5.75 Å². The number of nitrogens with one attached hydrogen (secondary N) is 1. The number of ether oxygens (including phenoxy) is 1. The molecule has 0 spiro atoms. The van der Waals surface area contributed by atoms with Gasteiger partial charge in [0.2, 0.25) is 0 Å². The maximum absolute atomic E-state index is 13.3. The molecule has 112 valence electrons. The number of hydrogen-bond acceptors (Lipinski definition) is 3. The van der Waals surface area contributed by atoms with Crippen LogP contribution in [0.25, 0.3) is 0 Å². The van der Waals surface area contributed by atoms with Gasteiger partial charge in [-0.2, -0.15) is 0 Å². The molecule has 0 aromatic heterocycles. The van der Waals surface area contributed by atoms with Gasteiger partial charge in [-0.05, 0) is 42.7 Å². The normalized spacial score (nSPS) is 12.2. The van der Waals surface area contributed by atoms with Gasteiger partial charge in [0.25, 0.3) is 0 Å². The summed E-state index contributed by atoms with van der Waals surface area (Å²) >= 11 is 0. The van der Waals surface area contributed by atoms with Crippen molar-refractivity contribution in [1.82, 2.24) is 5.43 Å². The molecule has 21 heavy (non-hydrogen) atoms. The maximum atomic E-state index is 13.3. The van der Waals surface area contributed by atoms with Crippen LogP contribution in [0.2, 0.25) is 0 Å². The number of benzene rings is 2. The summed E-state index contributed by atoms with van der Waals surface area (Å²) in [5.41, 5.74) is 5.54. The highest BCUT2D eigenvalue weighted by Gasteiger charge is 2.18. The first-order valence-electron chi connectivity index (χ1n) is 7.11. The summed E-state index contributed by atoms with van der Waals surface area (Å²) < 4.78 is 19.1. The molecule has 2 aromatic rings. The van der Waals surface area contributed by atoms with Crippen LogP contribution >= 0.6 is 0 Å². The smallest absolute Gasteiger partial charge is 0.124 e. The Morgan fingerprint density at radius 2 is 1.95 bits per heavy atom. The van der Waals surface area contributed by atoms with Crippen molar-refractivity contribution in [3.63, 3.8) is 0 Å². The van der Waals surface area contributed by atoms with Gasteiger partial charge in [-0.15, -0.1) is 0 Å². The second-order valence-electron chi connectivity index (χ2n) is 4.99. The Labute approximate surface area is 124 Å². The summed E-state index contributed by atoms with van der Waals surface area (Å²) in [6.07, 6.45) is 0.935. The van der Waals surface area contributed by atoms with Gasteiger partial charge in [0.1, 0.15) is 11.6 Å². The Kier molecular flexibility index (Phi) is 5.31. The first-order chi connectivity index (χ1) is 10.2. The summed E-state index contributed by atoms with van der Waals surface area (Å²) in [6, 6.07) is 12.2. The fraction of sp³-hybridized carbons (Fsp3) is 0.294. The quantitative estimate of drug-likeness (QED) is 0.632. The Balaban J connectivity index is 2.41. The van der Waals surface area contributed by atoms with Gasteiger partial charge in [0, 0.05) is 5.56 Å². The van der Waals surface area contributed by atoms with E-state index in [0.29, 0.717) is 6.61 Å². The molecule has 0 heterocycles. The maximum Gasteiger partial charge on any atom is 0.124 e. The van der Waals surface area contributed by atoms with E-state index in [1.54, 1.807) is 6.07 Å². The lowest BCUT2D eigenvalue weighted by molar-refractivity contribution is 0.311. The third kappa shape index (κ3) is 3.60. The highest BCUT2D eigenvalue weighted by atomic mass is 19.1. The Morgan fingerprint density at radius 3 is 2.62 bits per heavy atom. The largest absolute Gasteiger partial charge is 0.493 e. The fourth-order valence-corrected chi connectivity index (χ4v) is 2.37. The van der Waals surface area contributed by atoms with Crippen molar-refractivity contribution in [2.75, 3.05) is 6.61 Å². The Morgan fingerprint density at radius 1 is 1.19 bits per heavy atom. The molecule has 0 saturated carbocycles. The van der Waals surface area contributed by atoms with Crippen LogP contribution in [0.15, 0.2) is 42.5 Å². The lowest BCUT2D eigenvalue weighted by Gasteiger charge is -2.22. The third-order valence-electron chi connectivity index (χ3n) is 3.40. The topological polar surface area (TPSA) is 47.3 Å². The number of nitrogens with two attached hydrogens (primary N) is 1. The Bertz CT molecular complexity index is 601. The monoisotopic (exact) mass is 288 g/mol. The van der Waals surface area contributed by atoms with Crippen LogP contribution in [-0.2, 0) is 0 Å². The van der Waals surface area contributed by atoms with Gasteiger partial charge >= 0.3 is 0 Å². The van der Waals surface area contributed by atoms with Crippen molar-refractivity contribution in [2.24, 2.45) is 5.84 Å². The lowest BCUT2D eigenvalue weighted by Crippen LogP contribution is -2.29. The molecule has 0 aliphatic carbocycles. The second-order valence-corrected chi connectivity index (χ2v) is 4.99. The van der Waals surface area contributed by atoms with E-state index in [0.717, 1.165) is 28.9 Å². The molecule has 0 amide bonds. The summed E-state index contributed by atoms with van der Waals surface area (Å²) in [5, 5.41) is 0. The molecule has 1 unspecified atom stereocenters. The first-order valence-corrected chi connectivity index (χ1v) is 7.11. The van der Waals surface area contributed by atoms with Crippen LogP contribution in [0, 0.1) is 12.7 Å². The Hall–Kier alpha value is -1.91. The van der Waals surface area contributed by atoms with Crippen LogP contribution in [0.4, 0.5) is 4.39 Å². The molecular weight excluding hydrogens is 267 g/mol. The van der Waals surface area contributed by atoms with Gasteiger partial charge in [-0.1, -0.05) is 31.2 Å². The predicted octanol–water partition coefficient (Wildman–Crippen LogP) is 3.48. The minimum atomic E-state index is -0.248. The number of hydrogen-bond donors (Lipinski definition) is 2. The van der Waals surface area contributed by atoms with Crippen molar-refractivity contribution < 1.29 is 9.13 Å². The summed E-state index contributed by atoms with van der Waals surface area (Å²) in [5.74, 6) is 6.29. The molecule has 0 aliphatic heterocycles. The fourth-order valence-electron chi connectivity index (χ4n) is 2.37. The third-order valence-corrected chi connectivity index (χ3v) is 3.40. The average molecular weight is 288 g/mol. The van der Waals surface area contributed by atoms with Crippen molar-refractivity contribution >= 4 is 0 Å². The first kappa shape index (κ1) is 15.5. The zero-order valence-corrected chi connectivity index (χ0v) is 12.4. The van der Waals surface area contributed by atoms with Crippen LogP contribution in [0.1, 0.15) is 36.1 Å². The minimum Gasteiger partial charge on any atom is -0.493 e. The second kappa shape index (κ2) is 7.20. The van der Waals surface area contributed by atoms with Gasteiger partial charge in [0.15, 0.2) is 0 Å². The summed E-state index contributed by atoms with van der Waals surface area (Å²) in [6.45, 7) is 4.58. The van der Waals surface area contributed by atoms with Crippen LogP contribution in [0.5, 0.6) is 5.75 Å².